The second kappa shape index (κ2) is 7.01. The first kappa shape index (κ1) is 14.5. The van der Waals surface area contributed by atoms with E-state index in [-0.39, 0.29) is 0 Å². The van der Waals surface area contributed by atoms with Crippen molar-refractivity contribution in [3.63, 3.8) is 0 Å². The van der Waals surface area contributed by atoms with E-state index in [2.05, 4.69) is 53.7 Å². The van der Waals surface area contributed by atoms with Gasteiger partial charge in [0, 0.05) is 23.8 Å². The highest BCUT2D eigenvalue weighted by molar-refractivity contribution is 7.80. The minimum atomic E-state index is 0.576. The Balaban J connectivity index is 1.94. The largest absolute Gasteiger partial charge is 0.332 e. The second-order valence-electron chi connectivity index (χ2n) is 4.75. The molecule has 1 aromatic heterocycles. The van der Waals surface area contributed by atoms with Crippen LogP contribution in [-0.4, -0.2) is 10.1 Å². The lowest BCUT2D eigenvalue weighted by Gasteiger charge is -2.12. The molecule has 1 aromatic carbocycles. The number of thiocarbonyl (C=S) groups is 1. The molecule has 0 aliphatic heterocycles. The van der Waals surface area contributed by atoms with Crippen molar-refractivity contribution >= 4 is 28.7 Å². The lowest BCUT2D eigenvalue weighted by Crippen LogP contribution is -2.18. The summed E-state index contributed by atoms with van der Waals surface area (Å²) in [5, 5.41) is 6.87. The molecule has 2 aromatic rings. The van der Waals surface area contributed by atoms with Crippen molar-refractivity contribution in [3.05, 3.63) is 54.4 Å². The van der Waals surface area contributed by atoms with Gasteiger partial charge in [0.05, 0.1) is 0 Å². The van der Waals surface area contributed by atoms with Crippen molar-refractivity contribution in [2.75, 3.05) is 10.6 Å². The van der Waals surface area contributed by atoms with Crippen LogP contribution in [0, 0.1) is 0 Å². The molecular weight excluding hydrogens is 266 g/mol. The van der Waals surface area contributed by atoms with Crippen LogP contribution in [0.2, 0.25) is 0 Å². The monoisotopic (exact) mass is 285 g/mol. The molecule has 0 aliphatic rings. The zero-order valence-corrected chi connectivity index (χ0v) is 12.6. The van der Waals surface area contributed by atoms with E-state index in [0.717, 1.165) is 17.8 Å². The summed E-state index contributed by atoms with van der Waals surface area (Å²) in [6.07, 6.45) is 4.60. The van der Waals surface area contributed by atoms with Gasteiger partial charge >= 0.3 is 0 Å². The van der Waals surface area contributed by atoms with Crippen LogP contribution in [0.1, 0.15) is 31.7 Å². The van der Waals surface area contributed by atoms with Gasteiger partial charge in [-0.15, -0.1) is 0 Å². The van der Waals surface area contributed by atoms with E-state index in [1.165, 1.54) is 5.56 Å². The van der Waals surface area contributed by atoms with E-state index in [4.69, 9.17) is 12.2 Å². The summed E-state index contributed by atoms with van der Waals surface area (Å²) in [6.45, 7) is 4.43. The Morgan fingerprint density at radius 3 is 2.15 bits per heavy atom. The Bertz CT molecular complexity index is 552. The Morgan fingerprint density at radius 1 is 1.05 bits per heavy atom. The van der Waals surface area contributed by atoms with Gasteiger partial charge in [-0.25, -0.2) is 0 Å². The number of benzene rings is 1. The van der Waals surface area contributed by atoms with Crippen LogP contribution in [0.15, 0.2) is 48.8 Å². The maximum Gasteiger partial charge on any atom is 0.175 e. The lowest BCUT2D eigenvalue weighted by molar-refractivity contribution is 0.734. The number of nitrogens with zero attached hydrogens (tertiary/aromatic N) is 1. The minimum Gasteiger partial charge on any atom is -0.332 e. The Kier molecular flexibility index (Phi) is 5.07. The third-order valence-corrected chi connectivity index (χ3v) is 3.49. The third-order valence-electron chi connectivity index (χ3n) is 3.29. The van der Waals surface area contributed by atoms with Gasteiger partial charge in [0.25, 0.3) is 0 Å². The normalized spacial score (nSPS) is 11.7. The van der Waals surface area contributed by atoms with Gasteiger partial charge in [-0.05, 0) is 54.4 Å². The summed E-state index contributed by atoms with van der Waals surface area (Å²) < 4.78 is 0. The number of anilines is 2. The molecule has 0 bridgehead atoms. The average molecular weight is 285 g/mol. The fourth-order valence-electron chi connectivity index (χ4n) is 1.86. The molecule has 1 unspecified atom stereocenters. The second-order valence-corrected chi connectivity index (χ2v) is 5.15. The predicted octanol–water partition coefficient (Wildman–Crippen LogP) is 4.40. The molecule has 104 valence electrons. The Labute approximate surface area is 125 Å². The number of pyridine rings is 1. The lowest BCUT2D eigenvalue weighted by atomic mass is 9.99. The molecule has 20 heavy (non-hydrogen) atoms. The van der Waals surface area contributed by atoms with Crippen molar-refractivity contribution < 1.29 is 0 Å². The molecule has 1 heterocycles. The van der Waals surface area contributed by atoms with E-state index in [0.29, 0.717) is 11.0 Å². The molecule has 2 N–H and O–H groups in total. The molecule has 0 saturated heterocycles. The van der Waals surface area contributed by atoms with Crippen LogP contribution in [0.25, 0.3) is 0 Å². The zero-order chi connectivity index (χ0) is 14.4. The summed E-state index contributed by atoms with van der Waals surface area (Å²) in [7, 11) is 0. The smallest absolute Gasteiger partial charge is 0.175 e. The van der Waals surface area contributed by atoms with E-state index in [1.807, 2.05) is 12.1 Å². The number of hydrogen-bond donors (Lipinski definition) is 2. The predicted molar refractivity (Wildman–Crippen MR) is 89.2 cm³/mol. The van der Waals surface area contributed by atoms with Gasteiger partial charge in [-0.3, -0.25) is 4.98 Å². The Hall–Kier alpha value is -1.94. The molecule has 0 saturated carbocycles. The molecule has 0 aliphatic carbocycles. The van der Waals surface area contributed by atoms with Crippen molar-refractivity contribution in [2.24, 2.45) is 0 Å². The molecule has 0 amide bonds. The maximum atomic E-state index is 5.28. The van der Waals surface area contributed by atoms with Crippen molar-refractivity contribution in [1.29, 1.82) is 0 Å². The number of nitrogens with one attached hydrogen (secondary N) is 2. The first-order chi connectivity index (χ1) is 9.69. The quantitative estimate of drug-likeness (QED) is 0.816. The molecule has 2 rings (SSSR count). The van der Waals surface area contributed by atoms with Gasteiger partial charge in [0.15, 0.2) is 5.11 Å². The summed E-state index contributed by atoms with van der Waals surface area (Å²) in [5.74, 6) is 0.589. The Morgan fingerprint density at radius 2 is 1.60 bits per heavy atom. The standard InChI is InChI=1S/C16H19N3S/c1-3-12(2)13-4-6-14(7-5-13)18-16(20)19-15-8-10-17-11-9-15/h4-12H,3H2,1-2H3,(H2,17,18,19,20). The van der Waals surface area contributed by atoms with E-state index in [1.54, 1.807) is 12.4 Å². The fourth-order valence-corrected chi connectivity index (χ4v) is 2.10. The number of hydrogen-bond acceptors (Lipinski definition) is 2. The van der Waals surface area contributed by atoms with E-state index >= 15 is 0 Å². The van der Waals surface area contributed by atoms with Crippen LogP contribution in [0.5, 0.6) is 0 Å². The average Bonchev–Trinajstić information content (AvgIpc) is 2.48. The summed E-state index contributed by atoms with van der Waals surface area (Å²) >= 11 is 5.28. The zero-order valence-electron chi connectivity index (χ0n) is 11.8. The third kappa shape index (κ3) is 4.03. The van der Waals surface area contributed by atoms with Crippen molar-refractivity contribution in [3.8, 4) is 0 Å². The van der Waals surface area contributed by atoms with Crippen LogP contribution in [0.4, 0.5) is 11.4 Å². The van der Waals surface area contributed by atoms with Crippen LogP contribution >= 0.6 is 12.2 Å². The molecule has 0 radical (unpaired) electrons. The van der Waals surface area contributed by atoms with Crippen molar-refractivity contribution in [2.45, 2.75) is 26.2 Å². The van der Waals surface area contributed by atoms with Crippen LogP contribution < -0.4 is 10.6 Å². The van der Waals surface area contributed by atoms with Crippen molar-refractivity contribution in [1.82, 2.24) is 4.98 Å². The van der Waals surface area contributed by atoms with Gasteiger partial charge in [-0.2, -0.15) is 0 Å². The molecule has 3 nitrogen and oxygen atoms in total. The van der Waals surface area contributed by atoms with Crippen LogP contribution in [0.3, 0.4) is 0 Å². The first-order valence-electron chi connectivity index (χ1n) is 6.77. The van der Waals surface area contributed by atoms with Gasteiger partial charge < -0.3 is 10.6 Å². The minimum absolute atomic E-state index is 0.576. The van der Waals surface area contributed by atoms with Gasteiger partial charge in [0.2, 0.25) is 0 Å². The molecular formula is C16H19N3S. The highest BCUT2D eigenvalue weighted by Gasteiger charge is 2.03. The summed E-state index contributed by atoms with van der Waals surface area (Å²) in [6, 6.07) is 12.2. The highest BCUT2D eigenvalue weighted by Crippen LogP contribution is 2.20. The first-order valence-corrected chi connectivity index (χ1v) is 7.18. The van der Waals surface area contributed by atoms with Gasteiger partial charge in [0.1, 0.15) is 0 Å². The molecule has 0 fully saturated rings. The fraction of sp³-hybridized carbons (Fsp3) is 0.250. The van der Waals surface area contributed by atoms with Crippen LogP contribution in [-0.2, 0) is 0 Å². The highest BCUT2D eigenvalue weighted by atomic mass is 32.1. The van der Waals surface area contributed by atoms with Gasteiger partial charge in [-0.1, -0.05) is 26.0 Å². The molecule has 1 atom stereocenters. The molecule has 0 spiro atoms. The van der Waals surface area contributed by atoms with E-state index < -0.39 is 0 Å². The van der Waals surface area contributed by atoms with E-state index in [9.17, 15) is 0 Å². The summed E-state index contributed by atoms with van der Waals surface area (Å²) in [4.78, 5) is 3.97. The maximum absolute atomic E-state index is 5.28. The number of aromatic nitrogens is 1. The number of rotatable bonds is 4. The summed E-state index contributed by atoms with van der Waals surface area (Å²) in [5.41, 5.74) is 3.27. The topological polar surface area (TPSA) is 37.0 Å². The SMILES string of the molecule is CCC(C)c1ccc(NC(=S)Nc2ccncc2)cc1. The molecule has 4 heteroatoms.